The number of hydrogen-bond acceptors (Lipinski definition) is 4. The standard InChI is InChI=1S/C13H18ClNO4S/c1-4-7-15-13(16)10(3)19-12-6-5-11(8-9(12)2)20(14,17)18/h5-6,8,10H,4,7H2,1-3H3,(H,15,16). The van der Waals surface area contributed by atoms with Crippen molar-refractivity contribution >= 4 is 25.6 Å². The fourth-order valence-corrected chi connectivity index (χ4v) is 2.38. The van der Waals surface area contributed by atoms with Gasteiger partial charge < -0.3 is 10.1 Å². The molecule has 0 fully saturated rings. The summed E-state index contributed by atoms with van der Waals surface area (Å²) in [5.41, 5.74) is 0.599. The Hall–Kier alpha value is -1.27. The molecule has 0 heterocycles. The Morgan fingerprint density at radius 1 is 1.45 bits per heavy atom. The maximum atomic E-state index is 11.7. The van der Waals surface area contributed by atoms with Crippen LogP contribution >= 0.6 is 10.7 Å². The van der Waals surface area contributed by atoms with E-state index in [1.807, 2.05) is 6.92 Å². The minimum absolute atomic E-state index is 0.00658. The Bertz CT molecular complexity index is 586. The predicted octanol–water partition coefficient (Wildman–Crippen LogP) is 2.22. The number of nitrogens with one attached hydrogen (secondary N) is 1. The van der Waals surface area contributed by atoms with Gasteiger partial charge in [0, 0.05) is 17.2 Å². The zero-order chi connectivity index (χ0) is 15.3. The van der Waals surface area contributed by atoms with Crippen LogP contribution in [0.25, 0.3) is 0 Å². The van der Waals surface area contributed by atoms with Crippen LogP contribution in [0.15, 0.2) is 23.1 Å². The number of benzene rings is 1. The van der Waals surface area contributed by atoms with Crippen LogP contribution in [-0.4, -0.2) is 27.0 Å². The van der Waals surface area contributed by atoms with E-state index in [1.54, 1.807) is 13.8 Å². The summed E-state index contributed by atoms with van der Waals surface area (Å²) in [6.45, 7) is 5.88. The van der Waals surface area contributed by atoms with Crippen molar-refractivity contribution in [2.45, 2.75) is 38.2 Å². The van der Waals surface area contributed by atoms with Crippen molar-refractivity contribution < 1.29 is 17.9 Å². The van der Waals surface area contributed by atoms with Gasteiger partial charge in [0.2, 0.25) is 0 Å². The molecular formula is C13H18ClNO4S. The molecule has 20 heavy (non-hydrogen) atoms. The fourth-order valence-electron chi connectivity index (χ4n) is 1.54. The zero-order valence-corrected chi connectivity index (χ0v) is 13.2. The molecule has 5 nitrogen and oxygen atoms in total. The van der Waals surface area contributed by atoms with Crippen LogP contribution in [0.3, 0.4) is 0 Å². The molecule has 0 saturated heterocycles. The third-order valence-electron chi connectivity index (χ3n) is 2.65. The number of carbonyl (C=O) groups is 1. The van der Waals surface area contributed by atoms with Crippen molar-refractivity contribution in [3.63, 3.8) is 0 Å². The van der Waals surface area contributed by atoms with Crippen LogP contribution in [0.5, 0.6) is 5.75 Å². The smallest absolute Gasteiger partial charge is 0.261 e. The van der Waals surface area contributed by atoms with E-state index < -0.39 is 15.2 Å². The molecule has 112 valence electrons. The zero-order valence-electron chi connectivity index (χ0n) is 11.6. The lowest BCUT2D eigenvalue weighted by molar-refractivity contribution is -0.127. The number of hydrogen-bond donors (Lipinski definition) is 1. The lowest BCUT2D eigenvalue weighted by Crippen LogP contribution is -2.36. The van der Waals surface area contributed by atoms with E-state index >= 15 is 0 Å². The number of amides is 1. The first-order chi connectivity index (χ1) is 9.25. The Labute approximate surface area is 123 Å². The molecule has 0 aliphatic carbocycles. The molecule has 7 heteroatoms. The number of aryl methyl sites for hydroxylation is 1. The number of ether oxygens (including phenoxy) is 1. The maximum absolute atomic E-state index is 11.7. The van der Waals surface area contributed by atoms with Gasteiger partial charge in [-0.15, -0.1) is 0 Å². The topological polar surface area (TPSA) is 72.5 Å². The number of rotatable bonds is 6. The third-order valence-corrected chi connectivity index (χ3v) is 4.00. The van der Waals surface area contributed by atoms with Crippen LogP contribution in [0.1, 0.15) is 25.8 Å². The predicted molar refractivity (Wildman–Crippen MR) is 77.6 cm³/mol. The van der Waals surface area contributed by atoms with Crippen molar-refractivity contribution in [1.82, 2.24) is 5.32 Å². The number of carbonyl (C=O) groups excluding carboxylic acids is 1. The molecule has 1 aromatic carbocycles. The van der Waals surface area contributed by atoms with E-state index in [0.29, 0.717) is 17.9 Å². The van der Waals surface area contributed by atoms with E-state index in [0.717, 1.165) is 6.42 Å². The van der Waals surface area contributed by atoms with E-state index in [2.05, 4.69) is 5.32 Å². The second kappa shape index (κ2) is 6.95. The Kier molecular flexibility index (Phi) is 5.83. The van der Waals surface area contributed by atoms with Crippen molar-refractivity contribution in [3.05, 3.63) is 23.8 Å². The summed E-state index contributed by atoms with van der Waals surface area (Å²) >= 11 is 0. The highest BCUT2D eigenvalue weighted by molar-refractivity contribution is 8.13. The van der Waals surface area contributed by atoms with Gasteiger partial charge in [0.05, 0.1) is 4.90 Å². The summed E-state index contributed by atoms with van der Waals surface area (Å²) in [6, 6.07) is 4.25. The molecule has 0 aliphatic heterocycles. The second-order valence-corrected chi connectivity index (χ2v) is 6.98. The van der Waals surface area contributed by atoms with Gasteiger partial charge in [0.15, 0.2) is 6.10 Å². The summed E-state index contributed by atoms with van der Waals surface area (Å²) in [5, 5.41) is 2.73. The van der Waals surface area contributed by atoms with Crippen LogP contribution in [0.4, 0.5) is 0 Å². The van der Waals surface area contributed by atoms with Gasteiger partial charge in [0.25, 0.3) is 15.0 Å². The summed E-state index contributed by atoms with van der Waals surface area (Å²) < 4.78 is 27.9. The molecule has 0 aromatic heterocycles. The van der Waals surface area contributed by atoms with Gasteiger partial charge in [-0.25, -0.2) is 8.42 Å². The third kappa shape index (κ3) is 4.68. The Morgan fingerprint density at radius 3 is 2.60 bits per heavy atom. The van der Waals surface area contributed by atoms with Gasteiger partial charge in [-0.05, 0) is 44.0 Å². The fraction of sp³-hybridized carbons (Fsp3) is 0.462. The molecule has 1 unspecified atom stereocenters. The Balaban J connectivity index is 2.81. The lowest BCUT2D eigenvalue weighted by atomic mass is 10.2. The molecule has 1 aromatic rings. The molecular weight excluding hydrogens is 302 g/mol. The van der Waals surface area contributed by atoms with Crippen molar-refractivity contribution in [2.75, 3.05) is 6.54 Å². The average molecular weight is 320 g/mol. The highest BCUT2D eigenvalue weighted by Gasteiger charge is 2.17. The molecule has 0 spiro atoms. The van der Waals surface area contributed by atoms with Gasteiger partial charge in [-0.1, -0.05) is 6.92 Å². The maximum Gasteiger partial charge on any atom is 0.261 e. The average Bonchev–Trinajstić information content (AvgIpc) is 2.36. The highest BCUT2D eigenvalue weighted by Crippen LogP contribution is 2.24. The van der Waals surface area contributed by atoms with Gasteiger partial charge in [-0.2, -0.15) is 0 Å². The molecule has 1 N–H and O–H groups in total. The Morgan fingerprint density at radius 2 is 2.10 bits per heavy atom. The van der Waals surface area contributed by atoms with Crippen molar-refractivity contribution in [2.24, 2.45) is 0 Å². The molecule has 0 saturated carbocycles. The highest BCUT2D eigenvalue weighted by atomic mass is 35.7. The van der Waals surface area contributed by atoms with Crippen LogP contribution < -0.4 is 10.1 Å². The summed E-state index contributed by atoms with van der Waals surface area (Å²) in [6.07, 6.45) is 0.193. The molecule has 1 amide bonds. The molecule has 0 aliphatic rings. The van der Waals surface area contributed by atoms with Gasteiger partial charge in [-0.3, -0.25) is 4.79 Å². The lowest BCUT2D eigenvalue weighted by Gasteiger charge is -2.16. The van der Waals surface area contributed by atoms with E-state index in [9.17, 15) is 13.2 Å². The monoisotopic (exact) mass is 319 g/mol. The molecule has 1 rings (SSSR count). The van der Waals surface area contributed by atoms with Gasteiger partial charge in [0.1, 0.15) is 5.75 Å². The summed E-state index contributed by atoms with van der Waals surface area (Å²) in [7, 11) is 1.50. The van der Waals surface area contributed by atoms with Crippen molar-refractivity contribution in [3.8, 4) is 5.75 Å². The van der Waals surface area contributed by atoms with Gasteiger partial charge >= 0.3 is 0 Å². The van der Waals surface area contributed by atoms with E-state index in [4.69, 9.17) is 15.4 Å². The second-order valence-electron chi connectivity index (χ2n) is 4.42. The molecule has 0 bridgehead atoms. The largest absolute Gasteiger partial charge is 0.481 e. The van der Waals surface area contributed by atoms with Crippen LogP contribution in [0, 0.1) is 6.92 Å². The van der Waals surface area contributed by atoms with Crippen molar-refractivity contribution in [1.29, 1.82) is 0 Å². The number of halogens is 1. The first-order valence-electron chi connectivity index (χ1n) is 6.25. The van der Waals surface area contributed by atoms with E-state index in [1.165, 1.54) is 18.2 Å². The first kappa shape index (κ1) is 16.8. The minimum Gasteiger partial charge on any atom is -0.481 e. The molecule has 1 atom stereocenters. The van der Waals surface area contributed by atoms with Crippen LogP contribution in [-0.2, 0) is 13.8 Å². The van der Waals surface area contributed by atoms with Crippen LogP contribution in [0.2, 0.25) is 0 Å². The normalized spacial score (nSPS) is 12.8. The first-order valence-corrected chi connectivity index (χ1v) is 8.56. The minimum atomic E-state index is -3.76. The quantitative estimate of drug-likeness (QED) is 0.816. The SMILES string of the molecule is CCCNC(=O)C(C)Oc1ccc(S(=O)(=O)Cl)cc1C. The summed E-state index contributed by atoms with van der Waals surface area (Å²) in [4.78, 5) is 11.7. The summed E-state index contributed by atoms with van der Waals surface area (Å²) in [5.74, 6) is 0.244. The molecule has 0 radical (unpaired) electrons. The van der Waals surface area contributed by atoms with E-state index in [-0.39, 0.29) is 10.8 Å².